The molecule has 2 heterocycles. The molecule has 0 saturated carbocycles. The van der Waals surface area contributed by atoms with Gasteiger partial charge < -0.3 is 20.8 Å². The molecule has 0 aliphatic rings. The Bertz CT molecular complexity index is 2550. The van der Waals surface area contributed by atoms with Gasteiger partial charge in [0.05, 0.1) is 37.8 Å². The molecule has 4 N–H and O–H groups in total. The molecule has 1 atom stereocenters. The summed E-state index contributed by atoms with van der Waals surface area (Å²) in [4.78, 5) is 17.4. The predicted octanol–water partition coefficient (Wildman–Crippen LogP) is 9.60. The number of aryl methyl sites for hydroxylation is 2. The minimum Gasteiger partial charge on any atom is -0.508 e. The number of rotatable bonds is 6. The van der Waals surface area contributed by atoms with Crippen molar-refractivity contribution in [2.75, 3.05) is 16.9 Å². The van der Waals surface area contributed by atoms with Crippen LogP contribution in [0, 0.1) is 25.5 Å². The second-order valence-electron chi connectivity index (χ2n) is 11.5. The van der Waals surface area contributed by atoms with Crippen LogP contribution in [-0.4, -0.2) is 40.6 Å². The molecular formula is C37H30BrF2N7O3S. The lowest BCUT2D eigenvalue weighted by Crippen LogP contribution is -1.99. The summed E-state index contributed by atoms with van der Waals surface area (Å²) >= 11 is 3.39. The van der Waals surface area contributed by atoms with Crippen LogP contribution in [0.15, 0.2) is 117 Å². The molecular weight excluding hydrogens is 740 g/mol. The summed E-state index contributed by atoms with van der Waals surface area (Å²) in [5.41, 5.74) is 3.02. The zero-order valence-electron chi connectivity index (χ0n) is 27.4. The molecule has 2 aromatic heterocycles. The van der Waals surface area contributed by atoms with E-state index in [0.29, 0.717) is 44.2 Å². The summed E-state index contributed by atoms with van der Waals surface area (Å²) in [6, 6.07) is 24.9. The van der Waals surface area contributed by atoms with Crippen LogP contribution in [0.1, 0.15) is 11.1 Å². The molecule has 0 unspecified atom stereocenters. The number of halogens is 3. The molecule has 5 aromatic carbocycles. The number of fused-ring (bicyclic) bond motifs is 2. The fourth-order valence-corrected chi connectivity index (χ4v) is 6.67. The highest BCUT2D eigenvalue weighted by Crippen LogP contribution is 2.33. The number of hydrogen-bond donors (Lipinski definition) is 4. The summed E-state index contributed by atoms with van der Waals surface area (Å²) in [6.45, 7) is 3.25. The van der Waals surface area contributed by atoms with E-state index < -0.39 is 21.4 Å². The average Bonchev–Trinajstić information content (AvgIpc) is 3.10. The SMILES string of the molecule is Cc1cc(F)c(Nc2ncnc3ccc(Br)cc23)cc1O.Cc1cc(F)c(Nc2ncnc3ccc(N=[S@@](C)(=O)c4ccccc4)cc23)cc1O. The van der Waals surface area contributed by atoms with Crippen LogP contribution in [0.5, 0.6) is 11.5 Å². The Morgan fingerprint density at radius 1 is 0.686 bits per heavy atom. The van der Waals surface area contributed by atoms with Gasteiger partial charge in [-0.05, 0) is 85.6 Å². The summed E-state index contributed by atoms with van der Waals surface area (Å²) in [5.74, 6) is -0.143. The fraction of sp³-hybridized carbons (Fsp3) is 0.0811. The Balaban J connectivity index is 0.000000187. The van der Waals surface area contributed by atoms with Crippen LogP contribution < -0.4 is 10.6 Å². The van der Waals surface area contributed by atoms with Crippen LogP contribution in [0.4, 0.5) is 37.5 Å². The highest BCUT2D eigenvalue weighted by Gasteiger charge is 2.13. The molecule has 14 heteroatoms. The maximum Gasteiger partial charge on any atom is 0.147 e. The van der Waals surface area contributed by atoms with Gasteiger partial charge in [0.15, 0.2) is 0 Å². The van der Waals surface area contributed by atoms with Gasteiger partial charge in [0.2, 0.25) is 0 Å². The van der Waals surface area contributed by atoms with E-state index in [-0.39, 0.29) is 22.9 Å². The molecule has 0 spiro atoms. The summed E-state index contributed by atoms with van der Waals surface area (Å²) in [7, 11) is -2.65. The van der Waals surface area contributed by atoms with Gasteiger partial charge in [-0.2, -0.15) is 4.36 Å². The average molecular weight is 771 g/mol. The first-order valence-electron chi connectivity index (χ1n) is 15.3. The highest BCUT2D eigenvalue weighted by atomic mass is 79.9. The maximum atomic E-state index is 14.3. The van der Waals surface area contributed by atoms with Crippen LogP contribution in [0.3, 0.4) is 0 Å². The van der Waals surface area contributed by atoms with E-state index in [1.54, 1.807) is 50.4 Å². The number of nitrogens with zero attached hydrogens (tertiary/aromatic N) is 5. The molecule has 0 bridgehead atoms. The van der Waals surface area contributed by atoms with Crippen molar-refractivity contribution in [2.24, 2.45) is 4.36 Å². The van der Waals surface area contributed by atoms with Gasteiger partial charge in [-0.25, -0.2) is 32.9 Å². The van der Waals surface area contributed by atoms with Gasteiger partial charge in [-0.15, -0.1) is 0 Å². The molecule has 258 valence electrons. The van der Waals surface area contributed by atoms with Gasteiger partial charge in [0, 0.05) is 38.5 Å². The first-order chi connectivity index (χ1) is 24.4. The Hall–Kier alpha value is -5.73. The molecule has 7 rings (SSSR count). The van der Waals surface area contributed by atoms with Crippen LogP contribution >= 0.6 is 15.9 Å². The van der Waals surface area contributed by atoms with Crippen LogP contribution in [0.25, 0.3) is 21.8 Å². The molecule has 51 heavy (non-hydrogen) atoms. The van der Waals surface area contributed by atoms with E-state index >= 15 is 0 Å². The third-order valence-corrected chi connectivity index (χ3v) is 9.95. The molecule has 7 aromatic rings. The van der Waals surface area contributed by atoms with Crippen molar-refractivity contribution in [3.8, 4) is 11.5 Å². The number of anilines is 4. The number of phenols is 2. The Kier molecular flexibility index (Phi) is 10.1. The standard InChI is InChI=1S/C22H19FN4O2S.C15H11BrFN3O/c1-14-10-18(23)20(12-21(14)28)26-22-17-11-15(8-9-19(17)24-13-25-22)27-30(2,29)16-6-4-3-5-7-16;1-8-4-11(17)13(6-14(8)21)20-15-10-5-9(16)2-3-12(10)18-7-19-15/h3-13,28H,1-2H3,(H,24,25,26);2-7,21H,1H3,(H,18,19,20)/t30-;/m0./s1. The highest BCUT2D eigenvalue weighted by molar-refractivity contribution is 9.10. The number of aromatic nitrogens is 4. The second-order valence-corrected chi connectivity index (χ2v) is 14.7. The first-order valence-corrected chi connectivity index (χ1v) is 18.0. The molecule has 0 aliphatic carbocycles. The lowest BCUT2D eigenvalue weighted by Gasteiger charge is -2.11. The number of aromatic hydroxyl groups is 2. The lowest BCUT2D eigenvalue weighted by atomic mass is 10.1. The smallest absolute Gasteiger partial charge is 0.147 e. The zero-order chi connectivity index (χ0) is 36.3. The molecule has 0 radical (unpaired) electrons. The largest absolute Gasteiger partial charge is 0.508 e. The predicted molar refractivity (Wildman–Crippen MR) is 200 cm³/mol. The normalized spacial score (nSPS) is 12.1. The number of benzene rings is 5. The van der Waals surface area contributed by atoms with Crippen molar-refractivity contribution in [1.82, 2.24) is 19.9 Å². The van der Waals surface area contributed by atoms with E-state index in [1.807, 2.05) is 36.4 Å². The van der Waals surface area contributed by atoms with Gasteiger partial charge in [0.25, 0.3) is 0 Å². The number of nitrogens with one attached hydrogen (secondary N) is 2. The van der Waals surface area contributed by atoms with E-state index in [0.717, 1.165) is 15.4 Å². The Labute approximate surface area is 300 Å². The first kappa shape index (κ1) is 35.1. The molecule has 0 amide bonds. The third kappa shape index (κ3) is 8.03. The Morgan fingerprint density at radius 2 is 1.20 bits per heavy atom. The van der Waals surface area contributed by atoms with Crippen molar-refractivity contribution in [1.29, 1.82) is 0 Å². The molecule has 10 nitrogen and oxygen atoms in total. The number of hydrogen-bond acceptors (Lipinski definition) is 10. The maximum absolute atomic E-state index is 14.3. The third-order valence-electron chi connectivity index (χ3n) is 7.75. The minimum atomic E-state index is -2.65. The topological polar surface area (TPSA) is 146 Å². The quantitative estimate of drug-likeness (QED) is 0.130. The number of phenolic OH excluding ortho intramolecular Hbond substituents is 2. The van der Waals surface area contributed by atoms with Gasteiger partial charge >= 0.3 is 0 Å². The van der Waals surface area contributed by atoms with Crippen LogP contribution in [0.2, 0.25) is 0 Å². The van der Waals surface area contributed by atoms with Crippen molar-refractivity contribution in [3.63, 3.8) is 0 Å². The zero-order valence-corrected chi connectivity index (χ0v) is 29.8. The van der Waals surface area contributed by atoms with E-state index in [1.165, 1.54) is 36.9 Å². The molecule has 0 fully saturated rings. The van der Waals surface area contributed by atoms with Gasteiger partial charge in [-0.1, -0.05) is 34.1 Å². The van der Waals surface area contributed by atoms with Gasteiger partial charge in [-0.3, -0.25) is 0 Å². The summed E-state index contributed by atoms with van der Waals surface area (Å²) < 4.78 is 46.7. The van der Waals surface area contributed by atoms with Crippen molar-refractivity contribution >= 4 is 76.2 Å². The van der Waals surface area contributed by atoms with Crippen molar-refractivity contribution < 1.29 is 23.2 Å². The second kappa shape index (κ2) is 14.6. The lowest BCUT2D eigenvalue weighted by molar-refractivity contribution is 0.469. The monoisotopic (exact) mass is 769 g/mol. The summed E-state index contributed by atoms with van der Waals surface area (Å²) in [5, 5.41) is 26.8. The summed E-state index contributed by atoms with van der Waals surface area (Å²) in [6.07, 6.45) is 4.35. The van der Waals surface area contributed by atoms with E-state index in [9.17, 15) is 23.2 Å². The fourth-order valence-electron chi connectivity index (χ4n) is 5.03. The van der Waals surface area contributed by atoms with E-state index in [4.69, 9.17) is 0 Å². The van der Waals surface area contributed by atoms with Gasteiger partial charge in [0.1, 0.15) is 47.4 Å². The van der Waals surface area contributed by atoms with Crippen LogP contribution in [-0.2, 0) is 9.73 Å². The van der Waals surface area contributed by atoms with Crippen molar-refractivity contribution in [3.05, 3.63) is 131 Å². The molecule has 0 saturated heterocycles. The van der Waals surface area contributed by atoms with E-state index in [2.05, 4.69) is 50.9 Å². The Morgan fingerprint density at radius 3 is 1.75 bits per heavy atom. The minimum absolute atomic E-state index is 0.0263. The molecule has 0 aliphatic heterocycles. The van der Waals surface area contributed by atoms with Crippen molar-refractivity contribution in [2.45, 2.75) is 18.7 Å².